The largest absolute Gasteiger partial charge is 0.302 e. The first-order valence-electron chi connectivity index (χ1n) is 12.4. The molecular formula is C25H49ClN. The lowest BCUT2D eigenvalue weighted by Gasteiger charge is -2.31. The molecule has 1 nitrogen and oxygen atoms in total. The summed E-state index contributed by atoms with van der Waals surface area (Å²) in [4.78, 5) is 2.55. The molecule has 0 N–H and O–H groups in total. The highest BCUT2D eigenvalue weighted by atomic mass is 35.5. The highest BCUT2D eigenvalue weighted by molar-refractivity contribution is 6.18. The minimum absolute atomic E-state index is 0.792. The van der Waals surface area contributed by atoms with Crippen molar-refractivity contribution in [3.63, 3.8) is 0 Å². The maximum absolute atomic E-state index is 5.88. The van der Waals surface area contributed by atoms with Crippen molar-refractivity contribution in [2.75, 3.05) is 25.5 Å². The van der Waals surface area contributed by atoms with Crippen LogP contribution in [0.4, 0.5) is 0 Å². The second-order valence-corrected chi connectivity index (χ2v) is 9.36. The van der Waals surface area contributed by atoms with Crippen LogP contribution in [-0.4, -0.2) is 30.4 Å². The summed E-state index contributed by atoms with van der Waals surface area (Å²) in [6.45, 7) is 8.27. The number of likely N-dealkylation sites (tertiary alicyclic amines) is 1. The van der Waals surface area contributed by atoms with Gasteiger partial charge >= 0.3 is 0 Å². The second kappa shape index (κ2) is 18.3. The van der Waals surface area contributed by atoms with Gasteiger partial charge in [0.1, 0.15) is 0 Å². The Morgan fingerprint density at radius 3 is 2.26 bits per heavy atom. The molecule has 0 spiro atoms. The van der Waals surface area contributed by atoms with Crippen LogP contribution >= 0.6 is 11.6 Å². The molecule has 1 unspecified atom stereocenters. The van der Waals surface area contributed by atoms with Crippen LogP contribution in [0.1, 0.15) is 117 Å². The maximum atomic E-state index is 5.88. The smallest absolute Gasteiger partial charge is 0.0351 e. The lowest BCUT2D eigenvalue weighted by molar-refractivity contribution is 0.183. The summed E-state index contributed by atoms with van der Waals surface area (Å²) in [6, 6.07) is 0. The van der Waals surface area contributed by atoms with E-state index < -0.39 is 0 Å². The molecule has 1 rings (SSSR count). The molecule has 1 aliphatic heterocycles. The quantitative estimate of drug-likeness (QED) is 0.166. The van der Waals surface area contributed by atoms with E-state index in [0.29, 0.717) is 0 Å². The Hall–Kier alpha value is 0.250. The van der Waals surface area contributed by atoms with Gasteiger partial charge in [-0.05, 0) is 50.6 Å². The number of halogens is 1. The minimum Gasteiger partial charge on any atom is -0.302 e. The van der Waals surface area contributed by atoms with Crippen molar-refractivity contribution in [3.8, 4) is 0 Å². The first-order valence-corrected chi connectivity index (χ1v) is 12.9. The van der Waals surface area contributed by atoms with Crippen LogP contribution < -0.4 is 0 Å². The zero-order valence-corrected chi connectivity index (χ0v) is 19.5. The standard InChI is InChI=1S/C25H49ClN/c1-3-5-7-9-10-12-15-24(14-11-8-6-4-2)16-13-17-25-18-21-27(22-19-25)23-20-26/h10,24-25H,3-9,11-23H2,1-2H3. The van der Waals surface area contributed by atoms with E-state index in [1.807, 2.05) is 0 Å². The number of hydrogen-bond acceptors (Lipinski definition) is 1. The van der Waals surface area contributed by atoms with E-state index >= 15 is 0 Å². The summed E-state index contributed by atoms with van der Waals surface area (Å²) in [5.41, 5.74) is 0. The van der Waals surface area contributed by atoms with Crippen molar-refractivity contribution in [1.29, 1.82) is 0 Å². The summed E-state index contributed by atoms with van der Waals surface area (Å²) >= 11 is 5.88. The fourth-order valence-electron chi connectivity index (χ4n) is 4.64. The van der Waals surface area contributed by atoms with E-state index in [1.165, 1.54) is 116 Å². The number of nitrogens with zero attached hydrogens (tertiary/aromatic N) is 1. The van der Waals surface area contributed by atoms with Crippen molar-refractivity contribution < 1.29 is 0 Å². The normalized spacial score (nSPS) is 17.4. The van der Waals surface area contributed by atoms with Gasteiger partial charge in [0, 0.05) is 12.4 Å². The molecule has 27 heavy (non-hydrogen) atoms. The molecule has 2 heteroatoms. The highest BCUT2D eigenvalue weighted by Gasteiger charge is 2.19. The molecule has 1 fully saturated rings. The molecule has 0 aliphatic carbocycles. The van der Waals surface area contributed by atoms with E-state index in [-0.39, 0.29) is 0 Å². The van der Waals surface area contributed by atoms with Gasteiger partial charge in [-0.25, -0.2) is 0 Å². The van der Waals surface area contributed by atoms with Gasteiger partial charge in [-0.15, -0.1) is 11.6 Å². The van der Waals surface area contributed by atoms with Crippen molar-refractivity contribution in [2.45, 2.75) is 117 Å². The predicted molar refractivity (Wildman–Crippen MR) is 124 cm³/mol. The SMILES string of the molecule is CCCCC[CH]CCC(CCCCCC)CCCC1CCN(CCCl)CC1. The fraction of sp³-hybridized carbons (Fsp3) is 0.960. The molecule has 0 aromatic carbocycles. The zero-order chi connectivity index (χ0) is 19.6. The third-order valence-electron chi connectivity index (χ3n) is 6.59. The van der Waals surface area contributed by atoms with Crippen molar-refractivity contribution >= 4 is 11.6 Å². The van der Waals surface area contributed by atoms with Crippen LogP contribution in [0.25, 0.3) is 0 Å². The van der Waals surface area contributed by atoms with Crippen molar-refractivity contribution in [2.24, 2.45) is 11.8 Å². The van der Waals surface area contributed by atoms with Gasteiger partial charge in [-0.1, -0.05) is 97.3 Å². The van der Waals surface area contributed by atoms with E-state index in [0.717, 1.165) is 24.3 Å². The summed E-state index contributed by atoms with van der Waals surface area (Å²) < 4.78 is 0. The number of unbranched alkanes of at least 4 members (excludes halogenated alkanes) is 8. The zero-order valence-electron chi connectivity index (χ0n) is 18.7. The summed E-state index contributed by atoms with van der Waals surface area (Å²) in [6.07, 6.45) is 25.3. The fourth-order valence-corrected chi connectivity index (χ4v) is 4.88. The predicted octanol–water partition coefficient (Wildman–Crippen LogP) is 8.26. The Kier molecular flexibility index (Phi) is 17.1. The molecule has 161 valence electrons. The Labute approximate surface area is 177 Å². The van der Waals surface area contributed by atoms with Crippen LogP contribution in [0.5, 0.6) is 0 Å². The lowest BCUT2D eigenvalue weighted by Crippen LogP contribution is -2.34. The second-order valence-electron chi connectivity index (χ2n) is 8.98. The Bertz CT molecular complexity index is 299. The molecule has 0 amide bonds. The Balaban J connectivity index is 2.16. The van der Waals surface area contributed by atoms with Crippen molar-refractivity contribution in [3.05, 3.63) is 6.42 Å². The minimum atomic E-state index is 0.792. The number of hydrogen-bond donors (Lipinski definition) is 0. The van der Waals surface area contributed by atoms with Crippen LogP contribution in [-0.2, 0) is 0 Å². The molecule has 0 aromatic heterocycles. The van der Waals surface area contributed by atoms with Crippen LogP contribution in [0.3, 0.4) is 0 Å². The average Bonchev–Trinajstić information content (AvgIpc) is 2.69. The third kappa shape index (κ3) is 14.0. The molecule has 0 aromatic rings. The molecule has 1 saturated heterocycles. The Morgan fingerprint density at radius 2 is 1.56 bits per heavy atom. The van der Waals surface area contributed by atoms with E-state index in [4.69, 9.17) is 11.6 Å². The van der Waals surface area contributed by atoms with Crippen LogP contribution in [0, 0.1) is 18.3 Å². The molecule has 1 heterocycles. The molecule has 1 radical (unpaired) electrons. The van der Waals surface area contributed by atoms with Gasteiger partial charge in [0.05, 0.1) is 0 Å². The number of rotatable bonds is 18. The monoisotopic (exact) mass is 398 g/mol. The van der Waals surface area contributed by atoms with Gasteiger partial charge < -0.3 is 4.90 Å². The van der Waals surface area contributed by atoms with Crippen LogP contribution in [0.15, 0.2) is 0 Å². The first-order chi connectivity index (χ1) is 13.3. The highest BCUT2D eigenvalue weighted by Crippen LogP contribution is 2.27. The van der Waals surface area contributed by atoms with Gasteiger partial charge in [0.15, 0.2) is 0 Å². The first kappa shape index (κ1) is 25.3. The summed E-state index contributed by atoms with van der Waals surface area (Å²) in [7, 11) is 0. The average molecular weight is 399 g/mol. The van der Waals surface area contributed by atoms with Gasteiger partial charge in [0.2, 0.25) is 0 Å². The summed E-state index contributed by atoms with van der Waals surface area (Å²) in [5, 5.41) is 0. The van der Waals surface area contributed by atoms with Gasteiger partial charge in [-0.2, -0.15) is 0 Å². The van der Waals surface area contributed by atoms with E-state index in [1.54, 1.807) is 0 Å². The Morgan fingerprint density at radius 1 is 0.852 bits per heavy atom. The van der Waals surface area contributed by atoms with Gasteiger partial charge in [0.25, 0.3) is 0 Å². The topological polar surface area (TPSA) is 3.24 Å². The molecular weight excluding hydrogens is 350 g/mol. The molecule has 1 atom stereocenters. The molecule has 1 aliphatic rings. The number of piperidine rings is 1. The lowest BCUT2D eigenvalue weighted by atomic mass is 9.86. The van der Waals surface area contributed by atoms with E-state index in [2.05, 4.69) is 25.2 Å². The third-order valence-corrected chi connectivity index (χ3v) is 6.76. The van der Waals surface area contributed by atoms with Crippen LogP contribution in [0.2, 0.25) is 0 Å². The maximum Gasteiger partial charge on any atom is 0.0351 e. The number of alkyl halides is 1. The molecule has 0 bridgehead atoms. The molecule has 0 saturated carbocycles. The van der Waals surface area contributed by atoms with Crippen molar-refractivity contribution in [1.82, 2.24) is 4.90 Å². The van der Waals surface area contributed by atoms with Gasteiger partial charge in [-0.3, -0.25) is 0 Å². The van der Waals surface area contributed by atoms with E-state index in [9.17, 15) is 0 Å². The summed E-state index contributed by atoms with van der Waals surface area (Å²) in [5.74, 6) is 2.76.